The first kappa shape index (κ1) is 17.9. The molecule has 0 bridgehead atoms. The van der Waals surface area contributed by atoms with Crippen molar-refractivity contribution in [3.63, 3.8) is 0 Å². The van der Waals surface area contributed by atoms with Gasteiger partial charge in [0.1, 0.15) is 0 Å². The fraction of sp³-hybridized carbons (Fsp3) is 0.579. The molecule has 2 aliphatic carbocycles. The molecule has 2 heterocycles. The second-order valence-electron chi connectivity index (χ2n) is 8.59. The lowest BCUT2D eigenvalue weighted by Gasteiger charge is -2.57. The highest BCUT2D eigenvalue weighted by Crippen LogP contribution is 2.62. The predicted octanol–water partition coefficient (Wildman–Crippen LogP) is 3.53. The molecule has 1 aromatic carbocycles. The summed E-state index contributed by atoms with van der Waals surface area (Å²) in [5.41, 5.74) is 1.36. The SMILES string of the molecule is O=C(CC1CS(=O)(=O)C1)NC1CC2(C1)CC(c1nc3cc(Cl)ccc3s1)C2. The van der Waals surface area contributed by atoms with E-state index >= 15 is 0 Å². The van der Waals surface area contributed by atoms with Gasteiger partial charge in [0.25, 0.3) is 0 Å². The van der Waals surface area contributed by atoms with Gasteiger partial charge in [-0.2, -0.15) is 0 Å². The van der Waals surface area contributed by atoms with Crippen LogP contribution < -0.4 is 5.32 Å². The molecule has 144 valence electrons. The molecule has 3 fully saturated rings. The van der Waals surface area contributed by atoms with Crippen LogP contribution >= 0.6 is 22.9 Å². The normalized spacial score (nSPS) is 31.9. The van der Waals surface area contributed by atoms with Crippen LogP contribution in [0, 0.1) is 11.3 Å². The molecule has 8 heteroatoms. The minimum Gasteiger partial charge on any atom is -0.353 e. The first-order chi connectivity index (χ1) is 12.8. The van der Waals surface area contributed by atoms with Crippen molar-refractivity contribution in [2.45, 2.75) is 44.1 Å². The highest BCUT2D eigenvalue weighted by molar-refractivity contribution is 7.92. The second-order valence-corrected chi connectivity index (χ2v) is 12.2. The van der Waals surface area contributed by atoms with Gasteiger partial charge in [-0.3, -0.25) is 4.79 Å². The highest BCUT2D eigenvalue weighted by Gasteiger charge is 2.54. The average Bonchev–Trinajstić information content (AvgIpc) is 2.88. The van der Waals surface area contributed by atoms with Crippen LogP contribution in [-0.2, 0) is 14.6 Å². The van der Waals surface area contributed by atoms with Gasteiger partial charge in [-0.05, 0) is 55.2 Å². The Morgan fingerprint density at radius 1 is 1.26 bits per heavy atom. The average molecular weight is 425 g/mol. The van der Waals surface area contributed by atoms with Gasteiger partial charge in [-0.25, -0.2) is 13.4 Å². The Kier molecular flexibility index (Phi) is 4.08. The number of aromatic nitrogens is 1. The van der Waals surface area contributed by atoms with E-state index in [-0.39, 0.29) is 29.4 Å². The summed E-state index contributed by atoms with van der Waals surface area (Å²) >= 11 is 7.81. The Bertz CT molecular complexity index is 1010. The van der Waals surface area contributed by atoms with Crippen molar-refractivity contribution in [2.75, 3.05) is 11.5 Å². The number of rotatable bonds is 4. The van der Waals surface area contributed by atoms with Gasteiger partial charge in [-0.1, -0.05) is 11.6 Å². The number of fused-ring (bicyclic) bond motifs is 1. The summed E-state index contributed by atoms with van der Waals surface area (Å²) in [6.07, 6.45) is 4.71. The molecular weight excluding hydrogens is 404 g/mol. The van der Waals surface area contributed by atoms with Crippen LogP contribution in [-0.4, -0.2) is 36.9 Å². The van der Waals surface area contributed by atoms with Crippen LogP contribution in [0.3, 0.4) is 0 Å². The minimum atomic E-state index is -2.85. The van der Waals surface area contributed by atoms with E-state index in [1.807, 2.05) is 18.2 Å². The highest BCUT2D eigenvalue weighted by atomic mass is 35.5. The van der Waals surface area contributed by atoms with E-state index < -0.39 is 9.84 Å². The number of hydrogen-bond acceptors (Lipinski definition) is 5. The number of halogens is 1. The van der Waals surface area contributed by atoms with Crippen molar-refractivity contribution in [3.8, 4) is 0 Å². The van der Waals surface area contributed by atoms with Crippen LogP contribution in [0.15, 0.2) is 18.2 Å². The van der Waals surface area contributed by atoms with Gasteiger partial charge in [-0.15, -0.1) is 11.3 Å². The summed E-state index contributed by atoms with van der Waals surface area (Å²) < 4.78 is 23.5. The third-order valence-corrected chi connectivity index (χ3v) is 9.64. The van der Waals surface area contributed by atoms with E-state index in [4.69, 9.17) is 16.6 Å². The van der Waals surface area contributed by atoms with Crippen molar-refractivity contribution in [1.82, 2.24) is 10.3 Å². The lowest BCUT2D eigenvalue weighted by atomic mass is 9.50. The molecular formula is C19H21ClN2O3S2. The van der Waals surface area contributed by atoms with Gasteiger partial charge in [0, 0.05) is 23.4 Å². The summed E-state index contributed by atoms with van der Waals surface area (Å²) in [6, 6.07) is 6.12. The van der Waals surface area contributed by atoms with Crippen LogP contribution in [0.5, 0.6) is 0 Å². The Labute approximate surface area is 167 Å². The molecule has 0 atom stereocenters. The molecule has 27 heavy (non-hydrogen) atoms. The zero-order valence-electron chi connectivity index (χ0n) is 14.8. The largest absolute Gasteiger partial charge is 0.353 e. The van der Waals surface area contributed by atoms with Crippen LogP contribution in [0.25, 0.3) is 10.2 Å². The van der Waals surface area contributed by atoms with E-state index in [9.17, 15) is 13.2 Å². The summed E-state index contributed by atoms with van der Waals surface area (Å²) in [6.45, 7) is 0. The molecule has 1 saturated heterocycles. The Morgan fingerprint density at radius 3 is 2.70 bits per heavy atom. The number of sulfone groups is 1. The van der Waals surface area contributed by atoms with Gasteiger partial charge < -0.3 is 5.32 Å². The number of benzene rings is 1. The van der Waals surface area contributed by atoms with Crippen molar-refractivity contribution in [3.05, 3.63) is 28.2 Å². The molecule has 2 saturated carbocycles. The van der Waals surface area contributed by atoms with Crippen LogP contribution in [0.1, 0.15) is 43.0 Å². The van der Waals surface area contributed by atoms with Gasteiger partial charge in [0.2, 0.25) is 5.91 Å². The van der Waals surface area contributed by atoms with Crippen LogP contribution in [0.2, 0.25) is 5.02 Å². The number of carbonyl (C=O) groups is 1. The minimum absolute atomic E-state index is 0.00803. The molecule has 3 aliphatic rings. The number of nitrogens with zero attached hydrogens (tertiary/aromatic N) is 1. The summed E-state index contributed by atoms with van der Waals surface area (Å²) in [5, 5.41) is 5.02. The smallest absolute Gasteiger partial charge is 0.220 e. The Balaban J connectivity index is 1.10. The van der Waals surface area contributed by atoms with E-state index in [0.29, 0.717) is 17.8 Å². The first-order valence-electron chi connectivity index (χ1n) is 9.35. The van der Waals surface area contributed by atoms with Crippen molar-refractivity contribution in [2.24, 2.45) is 11.3 Å². The van der Waals surface area contributed by atoms with E-state index in [1.165, 1.54) is 9.71 Å². The lowest BCUT2D eigenvalue weighted by Crippen LogP contribution is -2.56. The molecule has 5 nitrogen and oxygen atoms in total. The number of carbonyl (C=O) groups excluding carboxylic acids is 1. The fourth-order valence-corrected chi connectivity index (χ4v) is 7.80. The Hall–Kier alpha value is -1.18. The maximum absolute atomic E-state index is 12.1. The molecule has 0 unspecified atom stereocenters. The molecule has 1 aromatic heterocycles. The molecule has 1 N–H and O–H groups in total. The zero-order chi connectivity index (χ0) is 18.8. The predicted molar refractivity (Wildman–Crippen MR) is 107 cm³/mol. The third-order valence-electron chi connectivity index (χ3n) is 6.25. The van der Waals surface area contributed by atoms with E-state index in [0.717, 1.165) is 36.2 Å². The molecule has 0 radical (unpaired) electrons. The molecule has 1 aliphatic heterocycles. The lowest BCUT2D eigenvalue weighted by molar-refractivity contribution is -0.125. The number of hydrogen-bond donors (Lipinski definition) is 1. The summed E-state index contributed by atoms with van der Waals surface area (Å²) in [7, 11) is -2.85. The molecule has 1 spiro atoms. The third kappa shape index (κ3) is 3.38. The molecule has 5 rings (SSSR count). The first-order valence-corrected chi connectivity index (χ1v) is 12.4. The van der Waals surface area contributed by atoms with Gasteiger partial charge in [0.15, 0.2) is 9.84 Å². The van der Waals surface area contributed by atoms with Crippen molar-refractivity contribution < 1.29 is 13.2 Å². The van der Waals surface area contributed by atoms with Crippen molar-refractivity contribution in [1.29, 1.82) is 0 Å². The molecule has 2 aromatic rings. The molecule has 1 amide bonds. The Morgan fingerprint density at radius 2 is 2.00 bits per heavy atom. The maximum Gasteiger partial charge on any atom is 0.220 e. The summed E-state index contributed by atoms with van der Waals surface area (Å²) in [4.78, 5) is 16.8. The standard InChI is InChI=1S/C19H21ClN2O3S2/c20-13-1-2-16-15(4-13)22-18(26-16)12-5-19(6-12)7-14(8-19)21-17(23)3-11-9-27(24,25)10-11/h1-2,4,11-12,14H,3,5-10H2,(H,21,23). The maximum atomic E-state index is 12.1. The van der Waals surface area contributed by atoms with Gasteiger partial charge in [0.05, 0.1) is 26.7 Å². The topological polar surface area (TPSA) is 76.1 Å². The van der Waals surface area contributed by atoms with Crippen molar-refractivity contribution >= 4 is 48.9 Å². The van der Waals surface area contributed by atoms with Crippen LogP contribution in [0.4, 0.5) is 0 Å². The number of thiazole rings is 1. The van der Waals surface area contributed by atoms with E-state index in [2.05, 4.69) is 5.32 Å². The number of amides is 1. The second kappa shape index (κ2) is 6.16. The fourth-order valence-electron chi connectivity index (χ4n) is 5.01. The zero-order valence-corrected chi connectivity index (χ0v) is 17.2. The number of nitrogens with one attached hydrogen (secondary N) is 1. The van der Waals surface area contributed by atoms with Gasteiger partial charge >= 0.3 is 0 Å². The summed E-state index contributed by atoms with van der Waals surface area (Å²) in [5.74, 6) is 0.894. The monoisotopic (exact) mass is 424 g/mol. The quantitative estimate of drug-likeness (QED) is 0.814. The van der Waals surface area contributed by atoms with E-state index in [1.54, 1.807) is 11.3 Å².